The quantitative estimate of drug-likeness (QED) is 0.487. The average molecular weight is 304 g/mol. The van der Waals surface area contributed by atoms with Crippen LogP contribution >= 0.6 is 7.60 Å². The van der Waals surface area contributed by atoms with E-state index in [9.17, 15) is 9.36 Å². The fourth-order valence-corrected chi connectivity index (χ4v) is 2.01. The molecule has 2 aromatic heterocycles. The van der Waals surface area contributed by atoms with Crippen LogP contribution in [0.5, 0.6) is 0 Å². The summed E-state index contributed by atoms with van der Waals surface area (Å²) >= 11 is 0. The largest absolute Gasteiger partial charge is 0.369 e. The third kappa shape index (κ3) is 3.39. The van der Waals surface area contributed by atoms with Gasteiger partial charge in [0.1, 0.15) is 6.35 Å². The number of aromatic nitrogens is 5. The summed E-state index contributed by atoms with van der Waals surface area (Å²) < 4.78 is 16.9. The minimum absolute atomic E-state index is 0.0691. The third-order valence-corrected chi connectivity index (χ3v) is 2.84. The number of nitrogens with two attached hydrogens (primary N) is 1. The summed E-state index contributed by atoms with van der Waals surface area (Å²) in [6.45, 7) is 1.67. The molecular weight excluding hydrogens is 291 g/mol. The first-order valence-electron chi connectivity index (χ1n) is 5.51. The second kappa shape index (κ2) is 5.29. The smallest absolute Gasteiger partial charge is 0.350 e. The Kier molecular flexibility index (Phi) is 3.86. The van der Waals surface area contributed by atoms with Crippen LogP contribution in [0.4, 0.5) is 5.95 Å². The van der Waals surface area contributed by atoms with Crippen molar-refractivity contribution >= 4 is 24.7 Å². The SMILES string of the molecule is C[C@@H](Cn1nnc2nc(N)[nH]c(=O)c21)OCP(=O)(O)O. The zero-order chi connectivity index (χ0) is 14.9. The summed E-state index contributed by atoms with van der Waals surface area (Å²) in [7, 11) is -4.24. The van der Waals surface area contributed by atoms with E-state index in [1.807, 2.05) is 0 Å². The number of fused-ring (bicyclic) bond motifs is 1. The van der Waals surface area contributed by atoms with Crippen LogP contribution in [-0.4, -0.2) is 47.2 Å². The maximum atomic E-state index is 11.7. The van der Waals surface area contributed by atoms with Crippen molar-refractivity contribution in [2.24, 2.45) is 0 Å². The lowest BCUT2D eigenvalue weighted by atomic mass is 10.4. The van der Waals surface area contributed by atoms with Crippen molar-refractivity contribution in [3.8, 4) is 0 Å². The minimum Gasteiger partial charge on any atom is -0.369 e. The van der Waals surface area contributed by atoms with E-state index in [1.54, 1.807) is 6.92 Å². The number of hydrogen-bond acceptors (Lipinski definition) is 7. The lowest BCUT2D eigenvalue weighted by molar-refractivity contribution is 0.0735. The van der Waals surface area contributed by atoms with Gasteiger partial charge in [-0.25, -0.2) is 4.68 Å². The Morgan fingerprint density at radius 2 is 2.25 bits per heavy atom. The van der Waals surface area contributed by atoms with E-state index < -0.39 is 25.6 Å². The highest BCUT2D eigenvalue weighted by molar-refractivity contribution is 7.51. The molecule has 0 unspecified atom stereocenters. The Morgan fingerprint density at radius 1 is 1.55 bits per heavy atom. The number of hydrogen-bond donors (Lipinski definition) is 4. The molecule has 0 aliphatic carbocycles. The van der Waals surface area contributed by atoms with E-state index in [-0.39, 0.29) is 23.7 Å². The zero-order valence-electron chi connectivity index (χ0n) is 10.4. The second-order valence-electron chi connectivity index (χ2n) is 4.17. The van der Waals surface area contributed by atoms with Crippen molar-refractivity contribution in [1.29, 1.82) is 0 Å². The number of rotatable bonds is 5. The molecule has 0 spiro atoms. The summed E-state index contributed by atoms with van der Waals surface area (Å²) in [6, 6.07) is 0. The maximum Gasteiger partial charge on any atom is 0.350 e. The fraction of sp³-hybridized carbons (Fsp3) is 0.500. The predicted molar refractivity (Wildman–Crippen MR) is 67.8 cm³/mol. The molecule has 0 aliphatic rings. The maximum absolute atomic E-state index is 11.7. The standard InChI is InChI=1S/C8H13N6O5P/c1-4(19-3-20(16,17)18)2-14-5-6(12-13-14)10-8(9)11-7(5)15/h4H,2-3H2,1H3,(H2,16,17,18)(H3,9,10,11,15)/t4-/m0/s1. The van der Waals surface area contributed by atoms with Crippen molar-refractivity contribution in [3.63, 3.8) is 0 Å². The van der Waals surface area contributed by atoms with Crippen molar-refractivity contribution in [2.75, 3.05) is 12.1 Å². The summed E-state index contributed by atoms with van der Waals surface area (Å²) in [5.41, 5.74) is 5.08. The van der Waals surface area contributed by atoms with Crippen molar-refractivity contribution in [1.82, 2.24) is 25.0 Å². The van der Waals surface area contributed by atoms with E-state index in [1.165, 1.54) is 4.68 Å². The Hall–Kier alpha value is -1.81. The van der Waals surface area contributed by atoms with Gasteiger partial charge in [0.2, 0.25) is 11.6 Å². The van der Waals surface area contributed by atoms with Crippen LogP contribution < -0.4 is 11.3 Å². The molecular formula is C8H13N6O5P. The summed E-state index contributed by atoms with van der Waals surface area (Å²) in [5, 5.41) is 7.43. The number of nitrogen functional groups attached to an aromatic ring is 1. The Bertz CT molecular complexity index is 720. The lowest BCUT2D eigenvalue weighted by Gasteiger charge is -2.13. The molecule has 110 valence electrons. The summed E-state index contributed by atoms with van der Waals surface area (Å²) in [4.78, 5) is 35.3. The van der Waals surface area contributed by atoms with Crippen molar-refractivity contribution in [2.45, 2.75) is 19.6 Å². The summed E-state index contributed by atoms with van der Waals surface area (Å²) in [6.07, 6.45) is -1.29. The van der Waals surface area contributed by atoms with Gasteiger partial charge in [-0.05, 0) is 6.92 Å². The zero-order valence-corrected chi connectivity index (χ0v) is 11.3. The highest BCUT2D eigenvalue weighted by atomic mass is 31.2. The van der Waals surface area contributed by atoms with E-state index in [0.717, 1.165) is 0 Å². The predicted octanol–water partition coefficient (Wildman–Crippen LogP) is -1.36. The molecule has 2 aromatic rings. The molecule has 0 aliphatic heterocycles. The molecule has 0 amide bonds. The van der Waals surface area contributed by atoms with Gasteiger partial charge in [0.15, 0.2) is 5.52 Å². The highest BCUT2D eigenvalue weighted by Crippen LogP contribution is 2.34. The van der Waals surface area contributed by atoms with Crippen LogP contribution in [0.1, 0.15) is 6.92 Å². The number of nitrogens with zero attached hydrogens (tertiary/aromatic N) is 4. The van der Waals surface area contributed by atoms with Gasteiger partial charge in [0, 0.05) is 0 Å². The molecule has 12 heteroatoms. The highest BCUT2D eigenvalue weighted by Gasteiger charge is 2.18. The van der Waals surface area contributed by atoms with Crippen LogP contribution in [0.25, 0.3) is 11.2 Å². The van der Waals surface area contributed by atoms with Crippen LogP contribution in [-0.2, 0) is 15.8 Å². The first-order valence-corrected chi connectivity index (χ1v) is 7.31. The molecule has 0 bridgehead atoms. The van der Waals surface area contributed by atoms with Crippen LogP contribution in [0.15, 0.2) is 4.79 Å². The van der Waals surface area contributed by atoms with Gasteiger partial charge in [-0.1, -0.05) is 5.21 Å². The number of H-pyrrole nitrogens is 1. The Balaban J connectivity index is 2.18. The Labute approximate surface area is 111 Å². The first-order chi connectivity index (χ1) is 9.26. The van der Waals surface area contributed by atoms with Gasteiger partial charge in [0.25, 0.3) is 5.56 Å². The lowest BCUT2D eigenvalue weighted by Crippen LogP contribution is -2.21. The minimum atomic E-state index is -4.24. The molecule has 1 atom stereocenters. The van der Waals surface area contributed by atoms with E-state index in [4.69, 9.17) is 20.3 Å². The molecule has 0 saturated heterocycles. The normalized spacial score (nSPS) is 13.8. The monoisotopic (exact) mass is 304 g/mol. The van der Waals surface area contributed by atoms with Crippen molar-refractivity contribution < 1.29 is 19.1 Å². The number of anilines is 1. The van der Waals surface area contributed by atoms with E-state index >= 15 is 0 Å². The van der Waals surface area contributed by atoms with Gasteiger partial charge in [0.05, 0.1) is 12.6 Å². The van der Waals surface area contributed by atoms with Gasteiger partial charge in [-0.15, -0.1) is 5.10 Å². The summed E-state index contributed by atoms with van der Waals surface area (Å²) in [5.74, 6) is -0.0691. The number of nitrogens with one attached hydrogen (secondary N) is 1. The molecule has 11 nitrogen and oxygen atoms in total. The molecule has 2 rings (SSSR count). The first kappa shape index (κ1) is 14.6. The molecule has 0 saturated carbocycles. The third-order valence-electron chi connectivity index (χ3n) is 2.36. The second-order valence-corrected chi connectivity index (χ2v) is 5.75. The molecule has 5 N–H and O–H groups in total. The number of ether oxygens (including phenoxy) is 1. The van der Waals surface area contributed by atoms with Gasteiger partial charge in [-0.2, -0.15) is 4.98 Å². The van der Waals surface area contributed by atoms with Crippen molar-refractivity contribution in [3.05, 3.63) is 10.4 Å². The van der Waals surface area contributed by atoms with Gasteiger partial charge >= 0.3 is 7.60 Å². The van der Waals surface area contributed by atoms with Gasteiger partial charge < -0.3 is 20.3 Å². The van der Waals surface area contributed by atoms with Crippen LogP contribution in [0, 0.1) is 0 Å². The average Bonchev–Trinajstić information content (AvgIpc) is 2.68. The van der Waals surface area contributed by atoms with Crippen LogP contribution in [0.2, 0.25) is 0 Å². The van der Waals surface area contributed by atoms with E-state index in [2.05, 4.69) is 20.3 Å². The Morgan fingerprint density at radius 3 is 2.90 bits per heavy atom. The molecule has 0 fully saturated rings. The molecule has 0 radical (unpaired) electrons. The number of aromatic amines is 1. The fourth-order valence-electron chi connectivity index (χ4n) is 1.56. The topological polar surface area (TPSA) is 169 Å². The van der Waals surface area contributed by atoms with Crippen LogP contribution in [0.3, 0.4) is 0 Å². The van der Waals surface area contributed by atoms with E-state index in [0.29, 0.717) is 0 Å². The van der Waals surface area contributed by atoms with Gasteiger partial charge in [-0.3, -0.25) is 14.3 Å². The molecule has 0 aromatic carbocycles. The molecule has 20 heavy (non-hydrogen) atoms. The molecule has 2 heterocycles.